The molecule has 0 saturated heterocycles. The molecule has 0 saturated carbocycles. The van der Waals surface area contributed by atoms with Gasteiger partial charge in [-0.05, 0) is 122 Å². The van der Waals surface area contributed by atoms with Crippen LogP contribution < -0.4 is 0 Å². The molecule has 6 nitrogen and oxygen atoms in total. The molecule has 430 valence electrons. The monoisotopic (exact) mass is 1060 g/mol. The van der Waals surface area contributed by atoms with Crippen LogP contribution >= 0.6 is 0 Å². The third-order valence-corrected chi connectivity index (χ3v) is 12.2. The number of hydrogen-bond acceptors (Lipinski definition) is 6. The van der Waals surface area contributed by atoms with E-state index in [1.807, 2.05) is 12.2 Å². The first-order valence-corrected chi connectivity index (χ1v) is 30.6. The Morgan fingerprint density at radius 2 is 0.532 bits per heavy atom. The summed E-state index contributed by atoms with van der Waals surface area (Å²) in [5.74, 6) is -1.04. The van der Waals surface area contributed by atoms with E-state index in [0.29, 0.717) is 19.3 Å². The minimum absolute atomic E-state index is 0.122. The van der Waals surface area contributed by atoms with Gasteiger partial charge in [-0.3, -0.25) is 14.4 Å². The number of unbranched alkanes of at least 4 members (excludes halogenated alkanes) is 14. The SMILES string of the molecule is CC/C=C\C/C=C\C/C=C\C/C=C\C/C=C\C/C=C\C/C=C\C/C=C\CCCCCCC(=O)OCC(COC(=O)CCCCCCCCCCCCC)OC(=O)CC/C=C\C/C=C\C/C=C\C/C=C\C/C=C\C/C=C\CC. The molecule has 0 aromatic carbocycles. The topological polar surface area (TPSA) is 78.9 Å². The Morgan fingerprint density at radius 3 is 0.844 bits per heavy atom. The fourth-order valence-corrected chi connectivity index (χ4v) is 7.72. The summed E-state index contributed by atoms with van der Waals surface area (Å²) in [7, 11) is 0. The van der Waals surface area contributed by atoms with Crippen LogP contribution in [0.1, 0.15) is 239 Å². The molecule has 0 N–H and O–H groups in total. The van der Waals surface area contributed by atoms with E-state index >= 15 is 0 Å². The maximum Gasteiger partial charge on any atom is 0.306 e. The summed E-state index contributed by atoms with van der Waals surface area (Å²) < 4.78 is 16.8. The number of hydrogen-bond donors (Lipinski definition) is 0. The molecule has 0 aromatic heterocycles. The highest BCUT2D eigenvalue weighted by atomic mass is 16.6. The molecule has 77 heavy (non-hydrogen) atoms. The highest BCUT2D eigenvalue weighted by molar-refractivity contribution is 5.71. The molecule has 0 radical (unpaired) electrons. The number of esters is 3. The molecule has 0 aliphatic rings. The standard InChI is InChI=1S/C71H110O6/c1-4-7-10-13-16-19-22-24-26-28-30-31-32-33-34-35-36-37-38-39-41-42-44-46-49-52-55-58-61-64-70(73)76-67-68(66-75-69(72)63-60-57-54-51-48-21-18-15-12-9-6-3)77-71(74)65-62-59-56-53-50-47-45-43-40-29-27-25-23-20-17-14-11-8-5-2/h7-8,10-11,16-17,19-20,24-27,30-31,33-34,36-37,39-41,43-44,46-47,50,56,59,68H,4-6,9,12-15,18,21-23,28-29,32,35,38,42,45,48-49,51-55,57-58,60-67H2,1-3H3/b10-7-,11-8-,19-16-,20-17-,26-24-,27-25-,31-30-,34-33-,37-36-,41-39-,43-40-,46-44-,50-47-,59-56-. The molecule has 0 fully saturated rings. The van der Waals surface area contributed by atoms with Gasteiger partial charge in [0.25, 0.3) is 0 Å². The first-order chi connectivity index (χ1) is 38.0. The maximum atomic E-state index is 12.8. The largest absolute Gasteiger partial charge is 0.462 e. The number of allylic oxidation sites excluding steroid dienone is 28. The van der Waals surface area contributed by atoms with Crippen LogP contribution in [0.5, 0.6) is 0 Å². The Labute approximate surface area is 472 Å². The first-order valence-electron chi connectivity index (χ1n) is 30.6. The molecular weight excluding hydrogens is 949 g/mol. The lowest BCUT2D eigenvalue weighted by Gasteiger charge is -2.18. The summed E-state index contributed by atoms with van der Waals surface area (Å²) >= 11 is 0. The fourth-order valence-electron chi connectivity index (χ4n) is 7.72. The second-order valence-corrected chi connectivity index (χ2v) is 19.5. The quantitative estimate of drug-likeness (QED) is 0.0261. The van der Waals surface area contributed by atoms with E-state index in [1.165, 1.54) is 51.4 Å². The molecule has 6 heteroatoms. The van der Waals surface area contributed by atoms with Gasteiger partial charge in [0.1, 0.15) is 13.2 Å². The van der Waals surface area contributed by atoms with Crippen molar-refractivity contribution in [2.24, 2.45) is 0 Å². The van der Waals surface area contributed by atoms with E-state index in [0.717, 1.165) is 141 Å². The summed E-state index contributed by atoms with van der Waals surface area (Å²) in [6.45, 7) is 6.31. The lowest BCUT2D eigenvalue weighted by Crippen LogP contribution is -2.30. The third-order valence-electron chi connectivity index (χ3n) is 12.2. The lowest BCUT2D eigenvalue weighted by molar-refractivity contribution is -0.166. The van der Waals surface area contributed by atoms with E-state index in [-0.39, 0.29) is 31.6 Å². The van der Waals surface area contributed by atoms with Crippen LogP contribution in [-0.4, -0.2) is 37.2 Å². The second kappa shape index (κ2) is 63.3. The minimum Gasteiger partial charge on any atom is -0.462 e. The summed E-state index contributed by atoms with van der Waals surface area (Å²) in [4.78, 5) is 38.1. The van der Waals surface area contributed by atoms with Crippen LogP contribution in [0, 0.1) is 0 Å². The molecule has 1 atom stereocenters. The number of ether oxygens (including phenoxy) is 3. The van der Waals surface area contributed by atoms with Gasteiger partial charge < -0.3 is 14.2 Å². The predicted molar refractivity (Wildman–Crippen MR) is 334 cm³/mol. The van der Waals surface area contributed by atoms with Crippen LogP contribution in [0.2, 0.25) is 0 Å². The Morgan fingerprint density at radius 1 is 0.273 bits per heavy atom. The van der Waals surface area contributed by atoms with E-state index < -0.39 is 12.1 Å². The van der Waals surface area contributed by atoms with Crippen molar-refractivity contribution >= 4 is 17.9 Å². The first kappa shape index (κ1) is 71.8. The van der Waals surface area contributed by atoms with Gasteiger partial charge in [-0.1, -0.05) is 268 Å². The average Bonchev–Trinajstić information content (AvgIpc) is 3.43. The van der Waals surface area contributed by atoms with Gasteiger partial charge in [-0.15, -0.1) is 0 Å². The number of rotatable bonds is 53. The summed E-state index contributed by atoms with van der Waals surface area (Å²) in [5.41, 5.74) is 0. The molecule has 0 aliphatic carbocycles. The summed E-state index contributed by atoms with van der Waals surface area (Å²) in [5, 5.41) is 0. The van der Waals surface area contributed by atoms with Crippen molar-refractivity contribution in [3.63, 3.8) is 0 Å². The zero-order valence-corrected chi connectivity index (χ0v) is 49.1. The van der Waals surface area contributed by atoms with Crippen molar-refractivity contribution in [2.75, 3.05) is 13.2 Å². The second-order valence-electron chi connectivity index (χ2n) is 19.5. The Kier molecular flexibility index (Phi) is 59.0. The van der Waals surface area contributed by atoms with Crippen molar-refractivity contribution in [3.8, 4) is 0 Å². The van der Waals surface area contributed by atoms with E-state index in [9.17, 15) is 14.4 Å². The number of carbonyl (C=O) groups excluding carboxylic acids is 3. The van der Waals surface area contributed by atoms with E-state index in [4.69, 9.17) is 14.2 Å². The molecule has 0 heterocycles. The molecule has 0 rings (SSSR count). The zero-order chi connectivity index (χ0) is 55.7. The van der Waals surface area contributed by atoms with Crippen LogP contribution in [0.15, 0.2) is 170 Å². The Bertz CT molecular complexity index is 1790. The minimum atomic E-state index is -0.837. The highest BCUT2D eigenvalue weighted by Gasteiger charge is 2.19. The predicted octanol–water partition coefficient (Wildman–Crippen LogP) is 21.1. The third kappa shape index (κ3) is 61.5. The molecular formula is C71H110O6. The van der Waals surface area contributed by atoms with Gasteiger partial charge in [0.05, 0.1) is 0 Å². The smallest absolute Gasteiger partial charge is 0.306 e. The van der Waals surface area contributed by atoms with Crippen LogP contribution in [-0.2, 0) is 28.6 Å². The zero-order valence-electron chi connectivity index (χ0n) is 49.1. The average molecular weight is 1060 g/mol. The van der Waals surface area contributed by atoms with Crippen molar-refractivity contribution in [3.05, 3.63) is 170 Å². The number of carbonyl (C=O) groups is 3. The van der Waals surface area contributed by atoms with Crippen molar-refractivity contribution in [1.82, 2.24) is 0 Å². The molecule has 0 bridgehead atoms. The van der Waals surface area contributed by atoms with E-state index in [2.05, 4.69) is 179 Å². The van der Waals surface area contributed by atoms with Crippen LogP contribution in [0.4, 0.5) is 0 Å². The molecule has 0 aliphatic heterocycles. The summed E-state index contributed by atoms with van der Waals surface area (Å²) in [6.07, 6.45) is 93.7. The van der Waals surface area contributed by atoms with Crippen LogP contribution in [0.25, 0.3) is 0 Å². The molecule has 0 amide bonds. The van der Waals surface area contributed by atoms with Crippen molar-refractivity contribution < 1.29 is 28.6 Å². The lowest BCUT2D eigenvalue weighted by atomic mass is 10.1. The van der Waals surface area contributed by atoms with E-state index in [1.54, 1.807) is 0 Å². The summed E-state index contributed by atoms with van der Waals surface area (Å²) in [6, 6.07) is 0. The molecule has 1 unspecified atom stereocenters. The van der Waals surface area contributed by atoms with Gasteiger partial charge in [0, 0.05) is 19.3 Å². The van der Waals surface area contributed by atoms with Gasteiger partial charge in [-0.25, -0.2) is 0 Å². The Balaban J connectivity index is 4.47. The fraction of sp³-hybridized carbons (Fsp3) is 0.563. The highest BCUT2D eigenvalue weighted by Crippen LogP contribution is 2.13. The van der Waals surface area contributed by atoms with Crippen molar-refractivity contribution in [1.29, 1.82) is 0 Å². The molecule has 0 spiro atoms. The Hall–Kier alpha value is -5.23. The van der Waals surface area contributed by atoms with Crippen LogP contribution in [0.3, 0.4) is 0 Å². The van der Waals surface area contributed by atoms with Gasteiger partial charge in [0.15, 0.2) is 6.10 Å². The van der Waals surface area contributed by atoms with Gasteiger partial charge in [-0.2, -0.15) is 0 Å². The van der Waals surface area contributed by atoms with Crippen molar-refractivity contribution in [2.45, 2.75) is 245 Å². The molecule has 0 aromatic rings. The van der Waals surface area contributed by atoms with Gasteiger partial charge in [0.2, 0.25) is 0 Å². The normalized spacial score (nSPS) is 13.3. The maximum absolute atomic E-state index is 12.8. The van der Waals surface area contributed by atoms with Gasteiger partial charge >= 0.3 is 17.9 Å².